The van der Waals surface area contributed by atoms with Crippen molar-refractivity contribution < 1.29 is 9.59 Å². The first kappa shape index (κ1) is 16.0. The number of carbonyl (C=O) groups excluding carboxylic acids is 2. The van der Waals surface area contributed by atoms with Crippen molar-refractivity contribution in [2.45, 2.75) is 76.7 Å². The maximum atomic E-state index is 11.6. The van der Waals surface area contributed by atoms with Gasteiger partial charge in [-0.3, -0.25) is 9.59 Å². The predicted octanol–water partition coefficient (Wildman–Crippen LogP) is 2.52. The maximum absolute atomic E-state index is 11.6. The summed E-state index contributed by atoms with van der Waals surface area (Å²) in [6, 6.07) is 0.171. The van der Waals surface area contributed by atoms with Crippen molar-refractivity contribution in [3.8, 4) is 0 Å². The average Bonchev–Trinajstić information content (AvgIpc) is 2.40. The Balaban J connectivity index is 2.38. The fourth-order valence-electron chi connectivity index (χ4n) is 2.67. The monoisotopic (exact) mass is 268 g/mol. The van der Waals surface area contributed by atoms with Gasteiger partial charge in [0.05, 0.1) is 0 Å². The molecule has 0 radical (unpaired) electrons. The van der Waals surface area contributed by atoms with Crippen molar-refractivity contribution in [1.82, 2.24) is 10.6 Å². The number of nitrogens with one attached hydrogen (secondary N) is 2. The minimum absolute atomic E-state index is 0.171. The zero-order valence-electron chi connectivity index (χ0n) is 12.2. The molecule has 110 valence electrons. The summed E-state index contributed by atoms with van der Waals surface area (Å²) in [6.45, 7) is 0. The summed E-state index contributed by atoms with van der Waals surface area (Å²) in [4.78, 5) is 22.8. The third-order valence-electron chi connectivity index (χ3n) is 3.87. The average molecular weight is 268 g/mol. The molecule has 0 aromatic heterocycles. The number of hydrogen-bond donors (Lipinski definition) is 2. The van der Waals surface area contributed by atoms with Gasteiger partial charge in [-0.25, -0.2) is 0 Å². The number of amides is 2. The van der Waals surface area contributed by atoms with Gasteiger partial charge in [0.15, 0.2) is 0 Å². The molecule has 0 atom stereocenters. The van der Waals surface area contributed by atoms with Gasteiger partial charge in [0.1, 0.15) is 0 Å². The summed E-state index contributed by atoms with van der Waals surface area (Å²) in [5, 5.41) is 5.24. The van der Waals surface area contributed by atoms with Crippen LogP contribution < -0.4 is 10.6 Å². The molecule has 1 saturated carbocycles. The van der Waals surface area contributed by atoms with Crippen LogP contribution in [0.15, 0.2) is 0 Å². The molecule has 4 heteroatoms. The fourth-order valence-corrected chi connectivity index (χ4v) is 2.67. The smallest absolute Gasteiger partial charge is 0.309 e. The zero-order chi connectivity index (χ0) is 13.9. The second-order valence-corrected chi connectivity index (χ2v) is 5.51. The van der Waals surface area contributed by atoms with E-state index < -0.39 is 11.8 Å². The Morgan fingerprint density at radius 1 is 0.737 bits per heavy atom. The van der Waals surface area contributed by atoms with E-state index in [1.165, 1.54) is 52.0 Å². The molecule has 0 saturated heterocycles. The number of rotatable bonds is 1. The van der Waals surface area contributed by atoms with Crippen molar-refractivity contribution in [2.75, 3.05) is 7.05 Å². The highest BCUT2D eigenvalue weighted by Crippen LogP contribution is 2.16. The highest BCUT2D eigenvalue weighted by atomic mass is 16.2. The summed E-state index contributed by atoms with van der Waals surface area (Å²) in [5.41, 5.74) is 0. The van der Waals surface area contributed by atoms with Crippen LogP contribution in [0.1, 0.15) is 70.6 Å². The Kier molecular flexibility index (Phi) is 8.26. The van der Waals surface area contributed by atoms with Crippen LogP contribution in [0.4, 0.5) is 0 Å². The van der Waals surface area contributed by atoms with Gasteiger partial charge in [-0.2, -0.15) is 0 Å². The Hall–Kier alpha value is -1.06. The Bertz CT molecular complexity index is 267. The lowest BCUT2D eigenvalue weighted by Crippen LogP contribution is -2.43. The van der Waals surface area contributed by atoms with Crippen molar-refractivity contribution in [3.63, 3.8) is 0 Å². The molecule has 2 N–H and O–H groups in total. The molecule has 1 rings (SSSR count). The number of hydrogen-bond acceptors (Lipinski definition) is 2. The predicted molar refractivity (Wildman–Crippen MR) is 76.8 cm³/mol. The normalized spacial score (nSPS) is 19.8. The van der Waals surface area contributed by atoms with Crippen molar-refractivity contribution in [1.29, 1.82) is 0 Å². The molecular weight excluding hydrogens is 240 g/mol. The molecule has 0 aromatic carbocycles. The Labute approximate surface area is 116 Å². The third kappa shape index (κ3) is 7.19. The largest absolute Gasteiger partial charge is 0.351 e. The molecule has 0 bridgehead atoms. The van der Waals surface area contributed by atoms with Crippen LogP contribution in [0.25, 0.3) is 0 Å². The van der Waals surface area contributed by atoms with E-state index in [0.717, 1.165) is 25.7 Å². The second-order valence-electron chi connectivity index (χ2n) is 5.51. The molecule has 19 heavy (non-hydrogen) atoms. The van der Waals surface area contributed by atoms with Gasteiger partial charge < -0.3 is 10.6 Å². The van der Waals surface area contributed by atoms with E-state index in [1.54, 1.807) is 0 Å². The third-order valence-corrected chi connectivity index (χ3v) is 3.87. The topological polar surface area (TPSA) is 58.2 Å². The molecule has 0 aromatic rings. The van der Waals surface area contributed by atoms with Crippen molar-refractivity contribution >= 4 is 11.8 Å². The molecule has 0 aliphatic heterocycles. The van der Waals surface area contributed by atoms with Gasteiger partial charge in [-0.1, -0.05) is 57.8 Å². The van der Waals surface area contributed by atoms with Crippen LogP contribution in [-0.4, -0.2) is 24.9 Å². The first-order chi connectivity index (χ1) is 9.24. The molecule has 0 unspecified atom stereocenters. The highest BCUT2D eigenvalue weighted by molar-refractivity contribution is 6.35. The van der Waals surface area contributed by atoms with E-state index >= 15 is 0 Å². The van der Waals surface area contributed by atoms with E-state index in [-0.39, 0.29) is 6.04 Å². The number of carbonyl (C=O) groups is 2. The van der Waals surface area contributed by atoms with E-state index in [1.807, 2.05) is 0 Å². The molecule has 4 nitrogen and oxygen atoms in total. The Morgan fingerprint density at radius 3 is 1.58 bits per heavy atom. The minimum Gasteiger partial charge on any atom is -0.351 e. The van der Waals surface area contributed by atoms with Gasteiger partial charge >= 0.3 is 11.8 Å². The molecule has 1 fully saturated rings. The van der Waals surface area contributed by atoms with Crippen LogP contribution in [0, 0.1) is 0 Å². The quantitative estimate of drug-likeness (QED) is 0.718. The molecule has 2 amide bonds. The van der Waals surface area contributed by atoms with E-state index in [2.05, 4.69) is 10.6 Å². The molecule has 1 aliphatic rings. The lowest BCUT2D eigenvalue weighted by atomic mass is 9.98. The van der Waals surface area contributed by atoms with Gasteiger partial charge in [0.2, 0.25) is 0 Å². The van der Waals surface area contributed by atoms with Gasteiger partial charge in [-0.05, 0) is 12.8 Å². The van der Waals surface area contributed by atoms with Crippen molar-refractivity contribution in [3.05, 3.63) is 0 Å². The van der Waals surface area contributed by atoms with E-state index in [9.17, 15) is 9.59 Å². The van der Waals surface area contributed by atoms with Crippen LogP contribution in [0.5, 0.6) is 0 Å². The van der Waals surface area contributed by atoms with E-state index in [4.69, 9.17) is 0 Å². The van der Waals surface area contributed by atoms with Gasteiger partial charge in [0.25, 0.3) is 0 Å². The van der Waals surface area contributed by atoms with Crippen molar-refractivity contribution in [2.24, 2.45) is 0 Å². The first-order valence-corrected chi connectivity index (χ1v) is 7.76. The van der Waals surface area contributed by atoms with Gasteiger partial charge in [0, 0.05) is 13.1 Å². The zero-order valence-corrected chi connectivity index (χ0v) is 12.2. The summed E-state index contributed by atoms with van der Waals surface area (Å²) in [6.07, 6.45) is 13.5. The summed E-state index contributed by atoms with van der Waals surface area (Å²) < 4.78 is 0. The second kappa shape index (κ2) is 9.82. The lowest BCUT2D eigenvalue weighted by molar-refractivity contribution is -0.139. The molecule has 0 spiro atoms. The maximum Gasteiger partial charge on any atom is 0.309 e. The first-order valence-electron chi connectivity index (χ1n) is 7.76. The van der Waals surface area contributed by atoms with Gasteiger partial charge in [-0.15, -0.1) is 0 Å². The molecule has 0 heterocycles. The fraction of sp³-hybridized carbons (Fsp3) is 0.867. The van der Waals surface area contributed by atoms with Crippen LogP contribution in [-0.2, 0) is 9.59 Å². The highest BCUT2D eigenvalue weighted by Gasteiger charge is 2.17. The summed E-state index contributed by atoms with van der Waals surface area (Å²) in [5.74, 6) is -1.02. The van der Waals surface area contributed by atoms with E-state index in [0.29, 0.717) is 0 Å². The standard InChI is InChI=1S/C15H28N2O2/c1-16-14(18)15(19)17-13-11-9-7-5-3-2-4-6-8-10-12-13/h13H,2-12H2,1H3,(H,16,18)(H,17,19). The SMILES string of the molecule is CNC(=O)C(=O)NC1CCCCCCCCCCC1. The number of likely N-dealkylation sites (N-methyl/N-ethyl adjacent to an activating group) is 1. The molecular formula is C15H28N2O2. The lowest BCUT2D eigenvalue weighted by Gasteiger charge is -2.19. The molecule has 1 aliphatic carbocycles. The summed E-state index contributed by atoms with van der Waals surface area (Å²) >= 11 is 0. The minimum atomic E-state index is -0.536. The summed E-state index contributed by atoms with van der Waals surface area (Å²) in [7, 11) is 1.49. The van der Waals surface area contributed by atoms with Crippen LogP contribution in [0.3, 0.4) is 0 Å². The Morgan fingerprint density at radius 2 is 1.16 bits per heavy atom. The van der Waals surface area contributed by atoms with Crippen LogP contribution in [0.2, 0.25) is 0 Å². The van der Waals surface area contributed by atoms with Crippen LogP contribution >= 0.6 is 0 Å².